The molecule has 0 saturated carbocycles. The van der Waals surface area contributed by atoms with Gasteiger partial charge in [-0.3, -0.25) is 0 Å². The van der Waals surface area contributed by atoms with Crippen molar-refractivity contribution in [2.24, 2.45) is 0 Å². The third kappa shape index (κ3) is 3.97. The summed E-state index contributed by atoms with van der Waals surface area (Å²) in [7, 11) is 0. The SMILES string of the molecule is CCNC(c1ccc(C(C)(C)CC)cc1)c1ccc(Br)s1. The molecule has 0 fully saturated rings. The monoisotopic (exact) mass is 365 g/mol. The van der Waals surface area contributed by atoms with E-state index in [4.69, 9.17) is 0 Å². The van der Waals surface area contributed by atoms with E-state index in [1.807, 2.05) is 0 Å². The molecule has 0 saturated heterocycles. The number of nitrogens with one attached hydrogen (secondary N) is 1. The molecule has 0 aliphatic carbocycles. The van der Waals surface area contributed by atoms with Crippen LogP contribution in [0.3, 0.4) is 0 Å². The molecule has 0 aliphatic heterocycles. The zero-order valence-electron chi connectivity index (χ0n) is 13.2. The van der Waals surface area contributed by atoms with Crippen LogP contribution in [0.5, 0.6) is 0 Å². The van der Waals surface area contributed by atoms with Gasteiger partial charge in [0.25, 0.3) is 0 Å². The molecule has 1 aromatic carbocycles. The smallest absolute Gasteiger partial charge is 0.0702 e. The molecule has 0 amide bonds. The molecule has 21 heavy (non-hydrogen) atoms. The highest BCUT2D eigenvalue weighted by Gasteiger charge is 2.19. The van der Waals surface area contributed by atoms with Crippen molar-refractivity contribution in [3.05, 3.63) is 56.2 Å². The van der Waals surface area contributed by atoms with Crippen LogP contribution in [0.2, 0.25) is 0 Å². The maximum Gasteiger partial charge on any atom is 0.0702 e. The predicted octanol–water partition coefficient (Wildman–Crippen LogP) is 5.90. The fourth-order valence-corrected chi connectivity index (χ4v) is 3.93. The van der Waals surface area contributed by atoms with Crippen molar-refractivity contribution in [3.8, 4) is 0 Å². The quantitative estimate of drug-likeness (QED) is 0.671. The topological polar surface area (TPSA) is 12.0 Å². The summed E-state index contributed by atoms with van der Waals surface area (Å²) in [6.45, 7) is 9.98. The van der Waals surface area contributed by atoms with Crippen LogP contribution in [-0.4, -0.2) is 6.54 Å². The second-order valence-corrected chi connectivity index (χ2v) is 8.49. The second kappa shape index (κ2) is 7.08. The van der Waals surface area contributed by atoms with E-state index in [0.717, 1.165) is 13.0 Å². The Morgan fingerprint density at radius 2 is 1.76 bits per heavy atom. The third-order valence-electron chi connectivity index (χ3n) is 4.20. The first-order valence-electron chi connectivity index (χ1n) is 7.57. The van der Waals surface area contributed by atoms with Gasteiger partial charge >= 0.3 is 0 Å². The van der Waals surface area contributed by atoms with E-state index in [1.54, 1.807) is 11.3 Å². The van der Waals surface area contributed by atoms with Gasteiger partial charge in [0.1, 0.15) is 0 Å². The van der Waals surface area contributed by atoms with Gasteiger partial charge in [-0.1, -0.05) is 52.0 Å². The Hall–Kier alpha value is -0.640. The van der Waals surface area contributed by atoms with Crippen molar-refractivity contribution in [2.45, 2.75) is 45.6 Å². The van der Waals surface area contributed by atoms with Gasteiger partial charge < -0.3 is 5.32 Å². The van der Waals surface area contributed by atoms with E-state index in [9.17, 15) is 0 Å². The number of rotatable bonds is 6. The van der Waals surface area contributed by atoms with E-state index < -0.39 is 0 Å². The van der Waals surface area contributed by atoms with Gasteiger partial charge in [0.2, 0.25) is 0 Å². The molecule has 1 N–H and O–H groups in total. The van der Waals surface area contributed by atoms with Crippen molar-refractivity contribution in [3.63, 3.8) is 0 Å². The molecule has 1 nitrogen and oxygen atoms in total. The van der Waals surface area contributed by atoms with E-state index in [1.165, 1.54) is 19.8 Å². The first-order valence-corrected chi connectivity index (χ1v) is 9.18. The molecule has 1 heterocycles. The molecule has 1 aromatic heterocycles. The van der Waals surface area contributed by atoms with Crippen LogP contribution in [0.15, 0.2) is 40.2 Å². The lowest BCUT2D eigenvalue weighted by atomic mass is 9.82. The summed E-state index contributed by atoms with van der Waals surface area (Å²) in [5, 5.41) is 3.59. The largest absolute Gasteiger partial charge is 0.306 e. The van der Waals surface area contributed by atoms with Crippen LogP contribution in [-0.2, 0) is 5.41 Å². The first-order chi connectivity index (χ1) is 9.97. The van der Waals surface area contributed by atoms with E-state index in [0.29, 0.717) is 0 Å². The number of thiophene rings is 1. The van der Waals surface area contributed by atoms with Crippen LogP contribution in [0.4, 0.5) is 0 Å². The lowest BCUT2D eigenvalue weighted by Gasteiger charge is -2.24. The fourth-order valence-electron chi connectivity index (χ4n) is 2.40. The summed E-state index contributed by atoms with van der Waals surface area (Å²) in [5.41, 5.74) is 3.00. The molecule has 114 valence electrons. The zero-order valence-corrected chi connectivity index (χ0v) is 15.6. The minimum atomic E-state index is 0.248. The van der Waals surface area contributed by atoms with Crippen LogP contribution >= 0.6 is 27.3 Å². The minimum absolute atomic E-state index is 0.248. The molecule has 0 radical (unpaired) electrons. The average molecular weight is 366 g/mol. The average Bonchev–Trinajstić information content (AvgIpc) is 2.91. The molecule has 2 rings (SSSR count). The van der Waals surface area contributed by atoms with Crippen molar-refractivity contribution in [2.75, 3.05) is 6.54 Å². The molecule has 0 aliphatic rings. The Kier molecular flexibility index (Phi) is 5.64. The number of benzene rings is 1. The number of hydrogen-bond acceptors (Lipinski definition) is 2. The van der Waals surface area contributed by atoms with Gasteiger partial charge in [0.05, 0.1) is 9.83 Å². The van der Waals surface area contributed by atoms with Gasteiger partial charge in [0, 0.05) is 4.88 Å². The molecule has 1 unspecified atom stereocenters. The van der Waals surface area contributed by atoms with Crippen molar-refractivity contribution in [1.29, 1.82) is 0 Å². The predicted molar refractivity (Wildman–Crippen MR) is 97.3 cm³/mol. The summed E-state index contributed by atoms with van der Waals surface area (Å²) >= 11 is 5.36. The Labute approximate surface area is 140 Å². The molecule has 3 heteroatoms. The molecule has 0 spiro atoms. The normalized spacial score (nSPS) is 13.4. The second-order valence-electron chi connectivity index (χ2n) is 5.99. The summed E-state index contributed by atoms with van der Waals surface area (Å²) < 4.78 is 1.18. The Bertz CT molecular complexity index is 571. The highest BCUT2D eigenvalue weighted by atomic mass is 79.9. The first kappa shape index (κ1) is 16.7. The van der Waals surface area contributed by atoms with Crippen LogP contribution in [0, 0.1) is 0 Å². The molecular formula is C18H24BrNS. The molecule has 2 aromatic rings. The van der Waals surface area contributed by atoms with Gasteiger partial charge in [-0.05, 0) is 57.6 Å². The van der Waals surface area contributed by atoms with Crippen LogP contribution < -0.4 is 5.32 Å². The maximum absolute atomic E-state index is 3.59. The highest BCUT2D eigenvalue weighted by Crippen LogP contribution is 2.33. The maximum atomic E-state index is 3.59. The van der Waals surface area contributed by atoms with Gasteiger partial charge in [0.15, 0.2) is 0 Å². The van der Waals surface area contributed by atoms with Crippen molar-refractivity contribution < 1.29 is 0 Å². The third-order valence-corrected chi connectivity index (χ3v) is 5.88. The summed E-state index contributed by atoms with van der Waals surface area (Å²) in [5.74, 6) is 0. The summed E-state index contributed by atoms with van der Waals surface area (Å²) in [6.07, 6.45) is 1.15. The van der Waals surface area contributed by atoms with Gasteiger partial charge in [-0.15, -0.1) is 11.3 Å². The summed E-state index contributed by atoms with van der Waals surface area (Å²) in [6, 6.07) is 13.7. The highest BCUT2D eigenvalue weighted by molar-refractivity contribution is 9.11. The van der Waals surface area contributed by atoms with Crippen molar-refractivity contribution >= 4 is 27.3 Å². The van der Waals surface area contributed by atoms with E-state index in [2.05, 4.69) is 85.3 Å². The summed E-state index contributed by atoms with van der Waals surface area (Å²) in [4.78, 5) is 1.35. The zero-order chi connectivity index (χ0) is 15.5. The number of hydrogen-bond donors (Lipinski definition) is 1. The van der Waals surface area contributed by atoms with Crippen LogP contribution in [0.1, 0.15) is 56.2 Å². The standard InChI is InChI=1S/C18H24BrNS/c1-5-18(3,4)14-9-7-13(8-10-14)17(20-6-2)15-11-12-16(19)21-15/h7-12,17,20H,5-6H2,1-4H3. The minimum Gasteiger partial charge on any atom is -0.306 e. The molecular weight excluding hydrogens is 342 g/mol. The van der Waals surface area contributed by atoms with E-state index >= 15 is 0 Å². The van der Waals surface area contributed by atoms with Gasteiger partial charge in [-0.2, -0.15) is 0 Å². The van der Waals surface area contributed by atoms with Crippen molar-refractivity contribution in [1.82, 2.24) is 5.32 Å². The number of halogens is 1. The Balaban J connectivity index is 2.29. The lowest BCUT2D eigenvalue weighted by molar-refractivity contribution is 0.506. The molecule has 0 bridgehead atoms. The Morgan fingerprint density at radius 1 is 1.10 bits per heavy atom. The van der Waals surface area contributed by atoms with E-state index in [-0.39, 0.29) is 11.5 Å². The van der Waals surface area contributed by atoms with Gasteiger partial charge in [-0.25, -0.2) is 0 Å². The lowest BCUT2D eigenvalue weighted by Crippen LogP contribution is -2.21. The molecule has 1 atom stereocenters. The van der Waals surface area contributed by atoms with Crippen LogP contribution in [0.25, 0.3) is 0 Å². The Morgan fingerprint density at radius 3 is 2.24 bits per heavy atom. The fraction of sp³-hybridized carbons (Fsp3) is 0.444.